The van der Waals surface area contributed by atoms with Crippen LogP contribution in [0.4, 0.5) is 0 Å². The number of halogens is 1. The summed E-state index contributed by atoms with van der Waals surface area (Å²) in [5.74, 6) is 0.0807. The van der Waals surface area contributed by atoms with Gasteiger partial charge in [-0.05, 0) is 42.0 Å². The van der Waals surface area contributed by atoms with Crippen LogP contribution >= 0.6 is 11.6 Å². The smallest absolute Gasteiger partial charge is 0.167 e. The lowest BCUT2D eigenvalue weighted by atomic mass is 10.0. The van der Waals surface area contributed by atoms with Crippen molar-refractivity contribution in [2.24, 2.45) is 0 Å². The van der Waals surface area contributed by atoms with Gasteiger partial charge in [0.05, 0.1) is 5.69 Å². The van der Waals surface area contributed by atoms with Crippen molar-refractivity contribution in [2.45, 2.75) is 6.42 Å². The van der Waals surface area contributed by atoms with Crippen molar-refractivity contribution in [3.05, 3.63) is 95.3 Å². The molecule has 4 heteroatoms. The lowest BCUT2D eigenvalue weighted by Crippen LogP contribution is -2.03. The van der Waals surface area contributed by atoms with E-state index in [0.717, 1.165) is 22.5 Å². The van der Waals surface area contributed by atoms with Crippen molar-refractivity contribution in [3.8, 4) is 11.3 Å². The Labute approximate surface area is 150 Å². The second-order valence-electron chi connectivity index (χ2n) is 5.90. The summed E-state index contributed by atoms with van der Waals surface area (Å²) in [6, 6.07) is 20.9. The zero-order valence-electron chi connectivity index (χ0n) is 13.4. The molecule has 2 aromatic heterocycles. The van der Waals surface area contributed by atoms with Crippen LogP contribution in [0.2, 0.25) is 5.02 Å². The van der Waals surface area contributed by atoms with E-state index < -0.39 is 0 Å². The van der Waals surface area contributed by atoms with Gasteiger partial charge in [-0.1, -0.05) is 41.9 Å². The predicted octanol–water partition coefficient (Wildman–Crippen LogP) is 5.08. The highest BCUT2D eigenvalue weighted by Gasteiger charge is 2.08. The molecular formula is C21H15ClN2O. The summed E-state index contributed by atoms with van der Waals surface area (Å²) in [7, 11) is 0. The van der Waals surface area contributed by atoms with E-state index in [1.54, 1.807) is 24.3 Å². The molecule has 0 saturated heterocycles. The first-order chi connectivity index (χ1) is 12.2. The molecule has 0 amide bonds. The van der Waals surface area contributed by atoms with Crippen LogP contribution in [0.1, 0.15) is 15.9 Å². The molecule has 25 heavy (non-hydrogen) atoms. The average Bonchev–Trinajstić information content (AvgIpc) is 3.07. The molecule has 0 N–H and O–H groups in total. The Morgan fingerprint density at radius 1 is 0.960 bits per heavy atom. The molecule has 0 radical (unpaired) electrons. The normalized spacial score (nSPS) is 10.9. The van der Waals surface area contributed by atoms with Crippen LogP contribution in [0, 0.1) is 0 Å². The van der Waals surface area contributed by atoms with Crippen LogP contribution in [0.3, 0.4) is 0 Å². The molecule has 0 saturated carbocycles. The van der Waals surface area contributed by atoms with Crippen LogP contribution in [-0.2, 0) is 6.42 Å². The lowest BCUT2D eigenvalue weighted by molar-refractivity contribution is 0.0993. The molecule has 3 nitrogen and oxygen atoms in total. The highest BCUT2D eigenvalue weighted by Crippen LogP contribution is 2.20. The second kappa shape index (κ2) is 6.54. The number of Topliss-reactive ketones (excluding diaryl/α,β-unsaturated/α-hetero) is 1. The Morgan fingerprint density at radius 3 is 2.44 bits per heavy atom. The Hall–Kier alpha value is -2.91. The molecule has 4 aromatic rings. The second-order valence-corrected chi connectivity index (χ2v) is 6.33. The Balaban J connectivity index is 1.53. The van der Waals surface area contributed by atoms with Crippen molar-refractivity contribution < 1.29 is 4.79 Å². The summed E-state index contributed by atoms with van der Waals surface area (Å²) in [6.45, 7) is 0. The van der Waals surface area contributed by atoms with Gasteiger partial charge in [0.25, 0.3) is 0 Å². The van der Waals surface area contributed by atoms with Gasteiger partial charge in [-0.2, -0.15) is 0 Å². The highest BCUT2D eigenvalue weighted by molar-refractivity contribution is 6.30. The first kappa shape index (κ1) is 15.6. The first-order valence-electron chi connectivity index (χ1n) is 8.01. The number of imidazole rings is 1. The Kier molecular flexibility index (Phi) is 4.08. The number of carbonyl (C=O) groups is 1. The van der Waals surface area contributed by atoms with Crippen molar-refractivity contribution in [3.63, 3.8) is 0 Å². The van der Waals surface area contributed by atoms with Gasteiger partial charge < -0.3 is 4.40 Å². The summed E-state index contributed by atoms with van der Waals surface area (Å²) in [5, 5.41) is 0.633. The quantitative estimate of drug-likeness (QED) is 0.483. The van der Waals surface area contributed by atoms with Gasteiger partial charge in [0.15, 0.2) is 5.78 Å². The number of rotatable bonds is 4. The van der Waals surface area contributed by atoms with Crippen LogP contribution in [0.25, 0.3) is 16.9 Å². The van der Waals surface area contributed by atoms with Gasteiger partial charge in [0.1, 0.15) is 5.65 Å². The lowest BCUT2D eigenvalue weighted by Gasteiger charge is -2.03. The van der Waals surface area contributed by atoms with Crippen LogP contribution in [0.5, 0.6) is 0 Å². The summed E-state index contributed by atoms with van der Waals surface area (Å²) in [6.07, 6.45) is 4.35. The standard InChI is InChI=1S/C21H15ClN2O/c22-18-10-8-17(9-11-18)20(25)13-15-4-6-16(7-5-15)19-14-24-12-2-1-3-21(24)23-19/h1-12,14H,13H2. The number of aromatic nitrogens is 2. The first-order valence-corrected chi connectivity index (χ1v) is 8.39. The molecule has 0 aliphatic heterocycles. The van der Waals surface area contributed by atoms with Gasteiger partial charge in [-0.3, -0.25) is 4.79 Å². The number of nitrogens with zero attached hydrogens (tertiary/aromatic N) is 2. The molecule has 0 unspecified atom stereocenters. The van der Waals surface area contributed by atoms with E-state index >= 15 is 0 Å². The van der Waals surface area contributed by atoms with Gasteiger partial charge in [-0.25, -0.2) is 4.98 Å². The molecular weight excluding hydrogens is 332 g/mol. The van der Waals surface area contributed by atoms with Crippen molar-refractivity contribution in [2.75, 3.05) is 0 Å². The van der Waals surface area contributed by atoms with Crippen molar-refractivity contribution >= 4 is 23.0 Å². The minimum atomic E-state index is 0.0807. The summed E-state index contributed by atoms with van der Waals surface area (Å²) >= 11 is 5.86. The molecule has 122 valence electrons. The molecule has 4 rings (SSSR count). The summed E-state index contributed by atoms with van der Waals surface area (Å²) < 4.78 is 1.99. The summed E-state index contributed by atoms with van der Waals surface area (Å²) in [4.78, 5) is 17.0. The van der Waals surface area contributed by atoms with Gasteiger partial charge in [-0.15, -0.1) is 0 Å². The third-order valence-electron chi connectivity index (χ3n) is 4.14. The SMILES string of the molecule is O=C(Cc1ccc(-c2cn3ccccc3n2)cc1)c1ccc(Cl)cc1. The number of hydrogen-bond acceptors (Lipinski definition) is 2. The molecule has 2 heterocycles. The minimum Gasteiger partial charge on any atom is -0.306 e. The van der Waals surface area contributed by atoms with E-state index in [1.165, 1.54) is 0 Å². The van der Waals surface area contributed by atoms with Crippen LogP contribution in [-0.4, -0.2) is 15.2 Å². The molecule has 0 atom stereocenters. The fourth-order valence-corrected chi connectivity index (χ4v) is 2.92. The number of hydrogen-bond donors (Lipinski definition) is 0. The van der Waals surface area contributed by atoms with Crippen LogP contribution < -0.4 is 0 Å². The Morgan fingerprint density at radius 2 is 1.72 bits per heavy atom. The van der Waals surface area contributed by atoms with E-state index in [4.69, 9.17) is 11.6 Å². The Bertz CT molecular complexity index is 1000. The van der Waals surface area contributed by atoms with E-state index in [0.29, 0.717) is 17.0 Å². The maximum Gasteiger partial charge on any atom is 0.167 e. The fourth-order valence-electron chi connectivity index (χ4n) is 2.79. The molecule has 0 aliphatic carbocycles. The van der Waals surface area contributed by atoms with E-state index in [2.05, 4.69) is 4.98 Å². The maximum absolute atomic E-state index is 12.3. The number of ketones is 1. The van der Waals surface area contributed by atoms with E-state index in [9.17, 15) is 4.79 Å². The fraction of sp³-hybridized carbons (Fsp3) is 0.0476. The largest absolute Gasteiger partial charge is 0.306 e. The molecule has 0 aliphatic rings. The van der Waals surface area contributed by atoms with Gasteiger partial charge in [0.2, 0.25) is 0 Å². The maximum atomic E-state index is 12.3. The van der Waals surface area contributed by atoms with Crippen molar-refractivity contribution in [1.82, 2.24) is 9.38 Å². The van der Waals surface area contributed by atoms with Gasteiger partial charge >= 0.3 is 0 Å². The monoisotopic (exact) mass is 346 g/mol. The topological polar surface area (TPSA) is 34.4 Å². The van der Waals surface area contributed by atoms with Crippen LogP contribution in [0.15, 0.2) is 79.1 Å². The molecule has 0 spiro atoms. The number of pyridine rings is 1. The molecule has 2 aromatic carbocycles. The zero-order chi connectivity index (χ0) is 17.2. The number of benzene rings is 2. The van der Waals surface area contributed by atoms with Crippen molar-refractivity contribution in [1.29, 1.82) is 0 Å². The zero-order valence-corrected chi connectivity index (χ0v) is 14.1. The van der Waals surface area contributed by atoms with E-state index in [-0.39, 0.29) is 5.78 Å². The predicted molar refractivity (Wildman–Crippen MR) is 100 cm³/mol. The average molecular weight is 347 g/mol. The minimum absolute atomic E-state index is 0.0807. The third kappa shape index (κ3) is 3.32. The van der Waals surface area contributed by atoms with Gasteiger partial charge in [0, 0.05) is 35.0 Å². The summed E-state index contributed by atoms with van der Waals surface area (Å²) in [5.41, 5.74) is 4.52. The molecule has 0 fully saturated rings. The van der Waals surface area contributed by atoms with E-state index in [1.807, 2.05) is 59.3 Å². The number of fused-ring (bicyclic) bond motifs is 1. The number of carbonyl (C=O) groups excluding carboxylic acids is 1. The molecule has 0 bridgehead atoms. The highest BCUT2D eigenvalue weighted by atomic mass is 35.5. The third-order valence-corrected chi connectivity index (χ3v) is 4.40.